The molecule has 0 rings (SSSR count). The third kappa shape index (κ3) is 15.8. The smallest absolute Gasteiger partial charge is 0.309 e. The van der Waals surface area contributed by atoms with Gasteiger partial charge in [0.2, 0.25) is 0 Å². The summed E-state index contributed by atoms with van der Waals surface area (Å²) in [6.07, 6.45) is 9.61. The first-order chi connectivity index (χ1) is 10.8. The van der Waals surface area contributed by atoms with Crippen LogP contribution in [0.25, 0.3) is 0 Å². The quantitative estimate of drug-likeness (QED) is 0.477. The van der Waals surface area contributed by atoms with E-state index >= 15 is 0 Å². The molecule has 0 aliphatic carbocycles. The second-order valence-electron chi connectivity index (χ2n) is 8.80. The molecule has 2 N–H and O–H groups in total. The van der Waals surface area contributed by atoms with Gasteiger partial charge in [0.25, 0.3) is 0 Å². The molecule has 0 aliphatic heterocycles. The van der Waals surface area contributed by atoms with Crippen LogP contribution in [0.4, 0.5) is 0 Å². The van der Waals surface area contributed by atoms with E-state index in [2.05, 4.69) is 13.8 Å². The zero-order chi connectivity index (χ0) is 19.4. The third-order valence-corrected chi connectivity index (χ3v) is 4.05. The van der Waals surface area contributed by atoms with Crippen molar-refractivity contribution in [3.8, 4) is 0 Å². The molecule has 0 radical (unpaired) electrons. The second-order valence-corrected chi connectivity index (χ2v) is 8.80. The van der Waals surface area contributed by atoms with Crippen LogP contribution in [0.3, 0.4) is 0 Å². The number of hydrogen-bond donors (Lipinski definition) is 2. The zero-order valence-electron chi connectivity index (χ0n) is 16.9. The number of hydrogen-bond acceptors (Lipinski definition) is 2. The monoisotopic (exact) mass is 344 g/mol. The van der Waals surface area contributed by atoms with Gasteiger partial charge >= 0.3 is 11.9 Å². The lowest BCUT2D eigenvalue weighted by Gasteiger charge is -2.18. The first kappa shape index (κ1) is 25.2. The highest BCUT2D eigenvalue weighted by Gasteiger charge is 2.25. The van der Waals surface area contributed by atoms with E-state index in [1.807, 2.05) is 13.8 Å². The molecular formula is C20H40O4. The molecule has 0 fully saturated rings. The normalized spacial score (nSPS) is 11.8. The Morgan fingerprint density at radius 3 is 1.46 bits per heavy atom. The predicted octanol–water partition coefficient (Wildman–Crippen LogP) is 5.99. The van der Waals surface area contributed by atoms with Crippen LogP contribution in [0, 0.1) is 16.7 Å². The first-order valence-electron chi connectivity index (χ1n) is 9.27. The molecule has 144 valence electrons. The van der Waals surface area contributed by atoms with Gasteiger partial charge in [0.15, 0.2) is 0 Å². The number of aliphatic carboxylic acids is 2. The van der Waals surface area contributed by atoms with Gasteiger partial charge in [0.05, 0.1) is 10.8 Å². The van der Waals surface area contributed by atoms with Crippen molar-refractivity contribution < 1.29 is 19.8 Å². The fraction of sp³-hybridized carbons (Fsp3) is 0.900. The minimum absolute atomic E-state index is 0.544. The van der Waals surface area contributed by atoms with Crippen LogP contribution in [-0.2, 0) is 9.59 Å². The third-order valence-electron chi connectivity index (χ3n) is 4.05. The molecule has 0 saturated heterocycles. The van der Waals surface area contributed by atoms with Crippen LogP contribution in [0.15, 0.2) is 0 Å². The largest absolute Gasteiger partial charge is 0.481 e. The molecule has 0 spiro atoms. The van der Waals surface area contributed by atoms with E-state index in [1.54, 1.807) is 20.8 Å². The van der Waals surface area contributed by atoms with Gasteiger partial charge in [-0.2, -0.15) is 0 Å². The highest BCUT2D eigenvalue weighted by atomic mass is 16.4. The van der Waals surface area contributed by atoms with Crippen LogP contribution in [-0.4, -0.2) is 22.2 Å². The van der Waals surface area contributed by atoms with Crippen LogP contribution < -0.4 is 0 Å². The number of carboxylic acids is 2. The Kier molecular flexibility index (Phi) is 12.9. The summed E-state index contributed by atoms with van der Waals surface area (Å²) in [4.78, 5) is 20.9. The fourth-order valence-electron chi connectivity index (χ4n) is 1.93. The minimum Gasteiger partial charge on any atom is -0.481 e. The summed E-state index contributed by atoms with van der Waals surface area (Å²) in [6.45, 7) is 13.2. The molecule has 0 aromatic carbocycles. The van der Waals surface area contributed by atoms with Gasteiger partial charge in [-0.3, -0.25) is 9.59 Å². The first-order valence-corrected chi connectivity index (χ1v) is 9.27. The van der Waals surface area contributed by atoms with E-state index in [0.29, 0.717) is 0 Å². The summed E-state index contributed by atoms with van der Waals surface area (Å²) in [5.74, 6) is -0.603. The number of unbranched alkanes of at least 4 members (excludes halogenated alkanes) is 5. The van der Waals surface area contributed by atoms with Crippen molar-refractivity contribution >= 4 is 11.9 Å². The number of carboxylic acid groups (broad SMARTS) is 2. The van der Waals surface area contributed by atoms with Crippen molar-refractivity contribution in [2.45, 2.75) is 99.8 Å². The molecule has 24 heavy (non-hydrogen) atoms. The molecule has 0 aromatic rings. The van der Waals surface area contributed by atoms with E-state index in [9.17, 15) is 9.59 Å². The van der Waals surface area contributed by atoms with Crippen LogP contribution in [0.1, 0.15) is 99.8 Å². The van der Waals surface area contributed by atoms with Crippen molar-refractivity contribution in [2.75, 3.05) is 0 Å². The average molecular weight is 345 g/mol. The van der Waals surface area contributed by atoms with Gasteiger partial charge in [0.1, 0.15) is 0 Å². The van der Waals surface area contributed by atoms with Crippen molar-refractivity contribution in [2.24, 2.45) is 16.7 Å². The van der Waals surface area contributed by atoms with Crippen molar-refractivity contribution in [3.63, 3.8) is 0 Å². The molecule has 0 unspecified atom stereocenters. The van der Waals surface area contributed by atoms with Crippen molar-refractivity contribution in [3.05, 3.63) is 0 Å². The summed E-state index contributed by atoms with van der Waals surface area (Å²) in [6, 6.07) is 0. The second kappa shape index (κ2) is 12.3. The summed E-state index contributed by atoms with van der Waals surface area (Å²) in [7, 11) is 0. The molecule has 0 heterocycles. The van der Waals surface area contributed by atoms with Gasteiger partial charge in [-0.25, -0.2) is 0 Å². The summed E-state index contributed by atoms with van der Waals surface area (Å²) in [5, 5.41) is 17.2. The highest BCUT2D eigenvalue weighted by molar-refractivity contribution is 5.73. The Morgan fingerprint density at radius 2 is 1.12 bits per heavy atom. The minimum atomic E-state index is -0.757. The van der Waals surface area contributed by atoms with Crippen LogP contribution in [0.2, 0.25) is 0 Å². The van der Waals surface area contributed by atoms with E-state index in [0.717, 1.165) is 18.8 Å². The fourth-order valence-corrected chi connectivity index (χ4v) is 1.93. The molecule has 0 atom stereocenters. The maximum absolute atomic E-state index is 10.9. The zero-order valence-corrected chi connectivity index (χ0v) is 16.9. The van der Waals surface area contributed by atoms with E-state index in [1.165, 1.54) is 38.5 Å². The Hall–Kier alpha value is -1.06. The SMILES string of the molecule is CC(C)(C)C(=O)O.CC(C)CCCCCCCCC(C)(C)C(=O)O. The number of carbonyl (C=O) groups is 2. The molecule has 0 bridgehead atoms. The number of rotatable bonds is 10. The molecule has 4 heteroatoms. The lowest BCUT2D eigenvalue weighted by atomic mass is 9.87. The van der Waals surface area contributed by atoms with Gasteiger partial charge < -0.3 is 10.2 Å². The summed E-state index contributed by atoms with van der Waals surface area (Å²) >= 11 is 0. The summed E-state index contributed by atoms with van der Waals surface area (Å²) in [5.41, 5.74) is -1.13. The Morgan fingerprint density at radius 1 is 0.750 bits per heavy atom. The predicted molar refractivity (Wildman–Crippen MR) is 100 cm³/mol. The van der Waals surface area contributed by atoms with E-state index in [-0.39, 0.29) is 0 Å². The molecular weight excluding hydrogens is 304 g/mol. The van der Waals surface area contributed by atoms with Crippen LogP contribution in [0.5, 0.6) is 0 Å². The van der Waals surface area contributed by atoms with Crippen molar-refractivity contribution in [1.29, 1.82) is 0 Å². The average Bonchev–Trinajstić information content (AvgIpc) is 2.40. The lowest BCUT2D eigenvalue weighted by molar-refractivity contribution is -0.147. The summed E-state index contributed by atoms with van der Waals surface area (Å²) < 4.78 is 0. The molecule has 0 aromatic heterocycles. The Labute approximate surface area is 149 Å². The molecule has 0 aliphatic rings. The topological polar surface area (TPSA) is 74.6 Å². The molecule has 0 amide bonds. The van der Waals surface area contributed by atoms with E-state index < -0.39 is 22.8 Å². The van der Waals surface area contributed by atoms with Gasteiger partial charge in [0, 0.05) is 0 Å². The molecule has 4 nitrogen and oxygen atoms in total. The molecule has 0 saturated carbocycles. The van der Waals surface area contributed by atoms with Gasteiger partial charge in [-0.15, -0.1) is 0 Å². The van der Waals surface area contributed by atoms with Crippen LogP contribution >= 0.6 is 0 Å². The maximum Gasteiger partial charge on any atom is 0.309 e. The van der Waals surface area contributed by atoms with Gasteiger partial charge in [-0.1, -0.05) is 58.8 Å². The standard InChI is InChI=1S/C15H30O2.C5H10O2/c1-13(2)11-9-7-5-6-8-10-12-15(3,4)14(16)17;1-5(2,3)4(6)7/h13H,5-12H2,1-4H3,(H,16,17);1-3H3,(H,6,7). The Bertz CT molecular complexity index is 351. The lowest BCUT2D eigenvalue weighted by Crippen LogP contribution is -2.23. The van der Waals surface area contributed by atoms with Gasteiger partial charge in [-0.05, 0) is 47.0 Å². The maximum atomic E-state index is 10.9. The van der Waals surface area contributed by atoms with Crippen molar-refractivity contribution in [1.82, 2.24) is 0 Å². The van der Waals surface area contributed by atoms with E-state index in [4.69, 9.17) is 10.2 Å². The Balaban J connectivity index is 0. The highest BCUT2D eigenvalue weighted by Crippen LogP contribution is 2.24.